The molecule has 0 radical (unpaired) electrons. The Kier molecular flexibility index (Phi) is 7.49. The lowest BCUT2D eigenvalue weighted by molar-refractivity contribution is -0.151. The van der Waals surface area contributed by atoms with Crippen LogP contribution in [-0.4, -0.2) is 61.3 Å². The van der Waals surface area contributed by atoms with Gasteiger partial charge in [0.1, 0.15) is 6.61 Å². The normalized spacial score (nSPS) is 13.1. The molecule has 0 spiro atoms. The molecule has 8 nitrogen and oxygen atoms in total. The highest BCUT2D eigenvalue weighted by Gasteiger charge is 2.30. The molecule has 0 saturated heterocycles. The fourth-order valence-electron chi connectivity index (χ4n) is 2.31. The molecule has 1 atom stereocenters. The largest absolute Gasteiger partial charge is 0.504 e. The first kappa shape index (κ1) is 24.4. The minimum absolute atomic E-state index is 0.0304. The Morgan fingerprint density at radius 3 is 2.45 bits per heavy atom. The third kappa shape index (κ3) is 6.82. The molecule has 0 fully saturated rings. The number of phenolic OH excluding ortho intramolecular Hbond substituents is 1. The number of pyridine rings is 1. The summed E-state index contributed by atoms with van der Waals surface area (Å²) in [6.07, 6.45) is -3.90. The molecule has 1 aromatic heterocycles. The van der Waals surface area contributed by atoms with Crippen molar-refractivity contribution in [1.82, 2.24) is 9.29 Å². The van der Waals surface area contributed by atoms with E-state index < -0.39 is 33.8 Å². The van der Waals surface area contributed by atoms with E-state index in [1.807, 2.05) is 0 Å². The maximum Gasteiger partial charge on any atom is 0.417 e. The molecule has 1 N–H and O–H groups in total. The summed E-state index contributed by atoms with van der Waals surface area (Å²) in [5.74, 6) is -1.17. The topological polar surface area (TPSA) is 106 Å². The zero-order chi connectivity index (χ0) is 23.4. The SMILES string of the molecule is CC(Oc1ccc(-c2ccc(C(F)(F)F)cn2)cc1O)C(=O)OCCN(C)S(C)(=O)=O. The van der Waals surface area contributed by atoms with Crippen LogP contribution in [0.3, 0.4) is 0 Å². The van der Waals surface area contributed by atoms with Gasteiger partial charge in [-0.25, -0.2) is 17.5 Å². The van der Waals surface area contributed by atoms with Crippen LogP contribution in [0.5, 0.6) is 11.5 Å². The maximum absolute atomic E-state index is 12.6. The van der Waals surface area contributed by atoms with E-state index >= 15 is 0 Å². The van der Waals surface area contributed by atoms with Crippen molar-refractivity contribution in [3.05, 3.63) is 42.1 Å². The molecule has 0 saturated carbocycles. The van der Waals surface area contributed by atoms with Crippen molar-refractivity contribution in [1.29, 1.82) is 0 Å². The smallest absolute Gasteiger partial charge is 0.417 e. The predicted octanol–water partition coefficient (Wildman–Crippen LogP) is 2.67. The molecule has 2 rings (SSSR count). The Balaban J connectivity index is 1.99. The lowest BCUT2D eigenvalue weighted by Gasteiger charge is -2.17. The summed E-state index contributed by atoms with van der Waals surface area (Å²) < 4.78 is 71.8. The van der Waals surface area contributed by atoms with E-state index in [9.17, 15) is 31.5 Å². The zero-order valence-corrected chi connectivity index (χ0v) is 17.7. The first-order chi connectivity index (χ1) is 14.3. The Hall–Kier alpha value is -2.86. The molecule has 2 aromatic rings. The van der Waals surface area contributed by atoms with Crippen molar-refractivity contribution in [2.45, 2.75) is 19.2 Å². The third-order valence-corrected chi connectivity index (χ3v) is 5.51. The minimum Gasteiger partial charge on any atom is -0.504 e. The van der Waals surface area contributed by atoms with Gasteiger partial charge in [-0.15, -0.1) is 0 Å². The van der Waals surface area contributed by atoms with Crippen LogP contribution in [0.25, 0.3) is 11.3 Å². The molecular weight excluding hydrogens is 441 g/mol. The van der Waals surface area contributed by atoms with Gasteiger partial charge in [0.2, 0.25) is 10.0 Å². The maximum atomic E-state index is 12.6. The second-order valence-corrected chi connectivity index (χ2v) is 8.71. The van der Waals surface area contributed by atoms with Crippen molar-refractivity contribution >= 4 is 16.0 Å². The summed E-state index contributed by atoms with van der Waals surface area (Å²) in [5, 5.41) is 10.1. The van der Waals surface area contributed by atoms with Gasteiger partial charge < -0.3 is 14.6 Å². The van der Waals surface area contributed by atoms with Gasteiger partial charge in [0, 0.05) is 25.4 Å². The Morgan fingerprint density at radius 2 is 1.94 bits per heavy atom. The van der Waals surface area contributed by atoms with Crippen LogP contribution in [0.1, 0.15) is 12.5 Å². The van der Waals surface area contributed by atoms with Crippen molar-refractivity contribution in [3.8, 4) is 22.8 Å². The van der Waals surface area contributed by atoms with E-state index in [-0.39, 0.29) is 30.3 Å². The van der Waals surface area contributed by atoms with Gasteiger partial charge in [0.15, 0.2) is 17.6 Å². The van der Waals surface area contributed by atoms with Gasteiger partial charge >= 0.3 is 12.1 Å². The highest BCUT2D eigenvalue weighted by molar-refractivity contribution is 7.88. The Bertz CT molecular complexity index is 1030. The third-order valence-electron chi connectivity index (χ3n) is 4.20. The molecular formula is C19H21F3N2O6S. The Morgan fingerprint density at radius 1 is 1.26 bits per heavy atom. The molecule has 0 aliphatic heterocycles. The van der Waals surface area contributed by atoms with Crippen LogP contribution < -0.4 is 4.74 Å². The van der Waals surface area contributed by atoms with Crippen LogP contribution in [0, 0.1) is 0 Å². The van der Waals surface area contributed by atoms with Gasteiger partial charge in [-0.1, -0.05) is 0 Å². The van der Waals surface area contributed by atoms with E-state index in [2.05, 4.69) is 4.98 Å². The Labute approximate surface area is 177 Å². The summed E-state index contributed by atoms with van der Waals surface area (Å²) in [6, 6.07) is 6.09. The molecule has 1 unspecified atom stereocenters. The molecule has 0 aliphatic rings. The zero-order valence-electron chi connectivity index (χ0n) is 16.9. The lowest BCUT2D eigenvalue weighted by atomic mass is 10.1. The molecule has 0 aliphatic carbocycles. The van der Waals surface area contributed by atoms with Crippen molar-refractivity contribution in [2.75, 3.05) is 26.5 Å². The number of benzene rings is 1. The molecule has 0 amide bonds. The minimum atomic E-state index is -4.50. The van der Waals surface area contributed by atoms with Crippen LogP contribution in [0.2, 0.25) is 0 Å². The molecule has 0 bridgehead atoms. The van der Waals surface area contributed by atoms with Gasteiger partial charge in [-0.3, -0.25) is 4.98 Å². The molecule has 1 heterocycles. The van der Waals surface area contributed by atoms with E-state index in [1.54, 1.807) is 0 Å². The van der Waals surface area contributed by atoms with Crippen molar-refractivity contribution < 1.29 is 41.0 Å². The van der Waals surface area contributed by atoms with E-state index in [0.717, 1.165) is 16.6 Å². The molecule has 12 heteroatoms. The van der Waals surface area contributed by atoms with E-state index in [0.29, 0.717) is 11.8 Å². The van der Waals surface area contributed by atoms with Crippen LogP contribution >= 0.6 is 0 Å². The van der Waals surface area contributed by atoms with Crippen LogP contribution in [0.15, 0.2) is 36.5 Å². The predicted molar refractivity (Wildman–Crippen MR) is 105 cm³/mol. The van der Waals surface area contributed by atoms with Gasteiger partial charge in [0.25, 0.3) is 0 Å². The molecule has 170 valence electrons. The fourth-order valence-corrected chi connectivity index (χ4v) is 2.71. The number of carbonyl (C=O) groups excluding carboxylic acids is 1. The second kappa shape index (κ2) is 9.52. The number of alkyl halides is 3. The summed E-state index contributed by atoms with van der Waals surface area (Å²) >= 11 is 0. The first-order valence-corrected chi connectivity index (χ1v) is 10.7. The summed E-state index contributed by atoms with van der Waals surface area (Å²) in [4.78, 5) is 15.7. The number of hydrogen-bond acceptors (Lipinski definition) is 7. The van der Waals surface area contributed by atoms with Gasteiger partial charge in [0.05, 0.1) is 17.5 Å². The average Bonchev–Trinajstić information content (AvgIpc) is 2.68. The number of ether oxygens (including phenoxy) is 2. The van der Waals surface area contributed by atoms with Crippen LogP contribution in [-0.2, 0) is 25.7 Å². The number of phenols is 1. The number of halogens is 3. The number of aromatic nitrogens is 1. The van der Waals surface area contributed by atoms with Crippen molar-refractivity contribution in [2.24, 2.45) is 0 Å². The fraction of sp³-hybridized carbons (Fsp3) is 0.368. The standard InChI is InChI=1S/C19H21F3N2O6S/c1-12(18(26)29-9-8-24(2)31(3,27)28)30-17-7-4-13(10-16(17)25)15-6-5-14(11-23-15)19(20,21)22/h4-7,10-12,25H,8-9H2,1-3H3. The van der Waals surface area contributed by atoms with Crippen molar-refractivity contribution in [3.63, 3.8) is 0 Å². The molecule has 31 heavy (non-hydrogen) atoms. The molecule has 1 aromatic carbocycles. The average molecular weight is 462 g/mol. The highest BCUT2D eigenvalue weighted by atomic mass is 32.2. The monoisotopic (exact) mass is 462 g/mol. The number of rotatable bonds is 8. The summed E-state index contributed by atoms with van der Waals surface area (Å²) in [7, 11) is -2.05. The van der Waals surface area contributed by atoms with Gasteiger partial charge in [-0.2, -0.15) is 13.2 Å². The number of nitrogens with zero attached hydrogens (tertiary/aromatic N) is 2. The quantitative estimate of drug-likeness (QED) is 0.601. The number of aromatic hydroxyl groups is 1. The summed E-state index contributed by atoms with van der Waals surface area (Å²) in [6.45, 7) is 1.17. The first-order valence-electron chi connectivity index (χ1n) is 8.90. The van der Waals surface area contributed by atoms with E-state index in [1.165, 1.54) is 38.2 Å². The number of likely N-dealkylation sites (N-methyl/N-ethyl adjacent to an activating group) is 1. The number of sulfonamides is 1. The summed E-state index contributed by atoms with van der Waals surface area (Å²) in [5.41, 5.74) is -0.342. The van der Waals surface area contributed by atoms with Gasteiger partial charge in [-0.05, 0) is 37.3 Å². The highest BCUT2D eigenvalue weighted by Crippen LogP contribution is 2.33. The number of esters is 1. The second-order valence-electron chi connectivity index (χ2n) is 6.62. The lowest BCUT2D eigenvalue weighted by Crippen LogP contribution is -2.32. The number of hydrogen-bond donors (Lipinski definition) is 1. The number of carbonyl (C=O) groups is 1. The van der Waals surface area contributed by atoms with E-state index in [4.69, 9.17) is 9.47 Å². The van der Waals surface area contributed by atoms with Crippen LogP contribution in [0.4, 0.5) is 13.2 Å².